The Bertz CT molecular complexity index is 899. The third kappa shape index (κ3) is 2.24. The molecule has 2 aromatic rings. The number of fused-ring (bicyclic) bond motifs is 1. The zero-order valence-corrected chi connectivity index (χ0v) is 13.7. The molecule has 1 aliphatic rings. The smallest absolute Gasteiger partial charge is 0.340 e. The minimum absolute atomic E-state index is 0.0644. The second kappa shape index (κ2) is 5.48. The van der Waals surface area contributed by atoms with Crippen LogP contribution in [-0.4, -0.2) is 27.6 Å². The topological polar surface area (TPSA) is 77.0 Å². The molecular weight excluding hydrogens is 326 g/mol. The summed E-state index contributed by atoms with van der Waals surface area (Å²) in [5.41, 5.74) is 0.594. The third-order valence-corrected chi connectivity index (χ3v) is 4.47. The Morgan fingerprint density at radius 1 is 1.55 bits per heavy atom. The lowest BCUT2D eigenvalue weighted by atomic mass is 10.1. The van der Waals surface area contributed by atoms with E-state index in [0.717, 1.165) is 12.8 Å². The predicted octanol–water partition coefficient (Wildman–Crippen LogP) is 2.79. The molecule has 2 heterocycles. The van der Waals surface area contributed by atoms with Gasteiger partial charge in [-0.2, -0.15) is 0 Å². The van der Waals surface area contributed by atoms with Gasteiger partial charge >= 0.3 is 5.97 Å². The first-order chi connectivity index (χ1) is 10.5. The molecule has 1 saturated carbocycles. The van der Waals surface area contributed by atoms with E-state index in [2.05, 4.69) is 9.97 Å². The highest BCUT2D eigenvalue weighted by Crippen LogP contribution is 2.44. The van der Waals surface area contributed by atoms with Crippen LogP contribution < -0.4 is 5.56 Å². The molecule has 1 fully saturated rings. The lowest BCUT2D eigenvalue weighted by Crippen LogP contribution is -2.20. The third-order valence-electron chi connectivity index (χ3n) is 3.76. The number of halogens is 1. The maximum Gasteiger partial charge on any atom is 0.340 e. The molecule has 0 atom stereocenters. The number of hydrogen-bond donors (Lipinski definition) is 1. The summed E-state index contributed by atoms with van der Waals surface area (Å²) in [6.07, 6.45) is 1.93. The quantitative estimate of drug-likeness (QED) is 0.687. The summed E-state index contributed by atoms with van der Waals surface area (Å²) in [6.45, 7) is 2.41. The number of esters is 1. The standard InChI is InChI=1S/C14H14ClN3O3S/c1-3-18-11-8(12(19)17-14(18)22)7(13(20)21-2)9(15)10(16-11)6-4-5-6/h6H,3-5H2,1-2H3,(H,17,19,22). The summed E-state index contributed by atoms with van der Waals surface area (Å²) in [6, 6.07) is 0. The summed E-state index contributed by atoms with van der Waals surface area (Å²) in [5, 5.41) is 0.323. The fourth-order valence-corrected chi connectivity index (χ4v) is 3.19. The minimum atomic E-state index is -0.649. The summed E-state index contributed by atoms with van der Waals surface area (Å²) < 4.78 is 6.75. The van der Waals surface area contributed by atoms with E-state index in [0.29, 0.717) is 17.9 Å². The zero-order chi connectivity index (χ0) is 16.0. The number of H-pyrrole nitrogens is 1. The van der Waals surface area contributed by atoms with Crippen LogP contribution in [0.15, 0.2) is 4.79 Å². The summed E-state index contributed by atoms with van der Waals surface area (Å²) in [4.78, 5) is 31.6. The van der Waals surface area contributed by atoms with E-state index >= 15 is 0 Å². The normalized spacial score (nSPS) is 14.3. The Morgan fingerprint density at radius 2 is 2.23 bits per heavy atom. The van der Waals surface area contributed by atoms with Gasteiger partial charge in [0.05, 0.1) is 28.8 Å². The Morgan fingerprint density at radius 3 is 2.77 bits per heavy atom. The van der Waals surface area contributed by atoms with Gasteiger partial charge in [0.15, 0.2) is 4.77 Å². The van der Waals surface area contributed by atoms with Gasteiger partial charge in [-0.15, -0.1) is 0 Å². The van der Waals surface area contributed by atoms with Gasteiger partial charge in [0.1, 0.15) is 5.65 Å². The number of ether oxygens (including phenoxy) is 1. The van der Waals surface area contributed by atoms with E-state index in [4.69, 9.17) is 28.6 Å². The van der Waals surface area contributed by atoms with Crippen molar-refractivity contribution in [3.05, 3.63) is 31.4 Å². The first-order valence-corrected chi connectivity index (χ1v) is 7.72. The van der Waals surface area contributed by atoms with Crippen molar-refractivity contribution in [1.82, 2.24) is 14.5 Å². The molecule has 0 radical (unpaired) electrons. The van der Waals surface area contributed by atoms with Crippen LogP contribution in [-0.2, 0) is 11.3 Å². The molecule has 0 spiro atoms. The maximum absolute atomic E-state index is 12.3. The average molecular weight is 340 g/mol. The number of aromatic amines is 1. The molecule has 8 heteroatoms. The van der Waals surface area contributed by atoms with Crippen LogP contribution in [0.5, 0.6) is 0 Å². The highest BCUT2D eigenvalue weighted by molar-refractivity contribution is 7.71. The number of carbonyl (C=O) groups is 1. The molecule has 6 nitrogen and oxygen atoms in total. The Labute approximate surface area is 136 Å². The summed E-state index contributed by atoms with van der Waals surface area (Å²) in [5.74, 6) is -0.428. The molecule has 0 aliphatic heterocycles. The molecule has 0 unspecified atom stereocenters. The summed E-state index contributed by atoms with van der Waals surface area (Å²) in [7, 11) is 1.26. The monoisotopic (exact) mass is 339 g/mol. The van der Waals surface area contributed by atoms with E-state index in [1.807, 2.05) is 6.92 Å². The number of carbonyl (C=O) groups excluding carboxylic acids is 1. The van der Waals surface area contributed by atoms with E-state index in [-0.39, 0.29) is 26.7 Å². The van der Waals surface area contributed by atoms with Crippen LogP contribution >= 0.6 is 23.8 Å². The number of aromatic nitrogens is 3. The molecule has 116 valence electrons. The van der Waals surface area contributed by atoms with Crippen LogP contribution in [0.2, 0.25) is 5.02 Å². The highest BCUT2D eigenvalue weighted by Gasteiger charge is 2.32. The SMILES string of the molecule is CCn1c(=S)[nH]c(=O)c2c(C(=O)OC)c(Cl)c(C3CC3)nc21. The Hall–Kier alpha value is -1.73. The number of nitrogens with one attached hydrogen (secondary N) is 1. The van der Waals surface area contributed by atoms with Gasteiger partial charge in [0, 0.05) is 12.5 Å². The largest absolute Gasteiger partial charge is 0.465 e. The maximum atomic E-state index is 12.3. The molecule has 1 aliphatic carbocycles. The molecule has 2 aromatic heterocycles. The first-order valence-electron chi connectivity index (χ1n) is 6.94. The van der Waals surface area contributed by atoms with E-state index in [9.17, 15) is 9.59 Å². The average Bonchev–Trinajstić information content (AvgIpc) is 3.31. The van der Waals surface area contributed by atoms with Gasteiger partial charge < -0.3 is 9.30 Å². The second-order valence-corrected chi connectivity index (χ2v) is 5.92. The number of methoxy groups -OCH3 is 1. The van der Waals surface area contributed by atoms with Crippen molar-refractivity contribution in [1.29, 1.82) is 0 Å². The molecular formula is C14H14ClN3O3S. The van der Waals surface area contributed by atoms with Crippen LogP contribution in [0.25, 0.3) is 11.0 Å². The van der Waals surface area contributed by atoms with Crippen molar-refractivity contribution in [3.63, 3.8) is 0 Å². The van der Waals surface area contributed by atoms with Gasteiger partial charge in [0.25, 0.3) is 5.56 Å². The van der Waals surface area contributed by atoms with Crippen LogP contribution in [0.3, 0.4) is 0 Å². The number of aryl methyl sites for hydroxylation is 1. The zero-order valence-electron chi connectivity index (χ0n) is 12.1. The van der Waals surface area contributed by atoms with Crippen molar-refractivity contribution in [2.75, 3.05) is 7.11 Å². The van der Waals surface area contributed by atoms with E-state index in [1.165, 1.54) is 7.11 Å². The van der Waals surface area contributed by atoms with Crippen molar-refractivity contribution in [3.8, 4) is 0 Å². The van der Waals surface area contributed by atoms with E-state index in [1.54, 1.807) is 4.57 Å². The molecule has 0 bridgehead atoms. The lowest BCUT2D eigenvalue weighted by Gasteiger charge is -2.14. The highest BCUT2D eigenvalue weighted by atomic mass is 35.5. The Kier molecular flexibility index (Phi) is 3.78. The van der Waals surface area contributed by atoms with Crippen LogP contribution in [0, 0.1) is 4.77 Å². The fraction of sp³-hybridized carbons (Fsp3) is 0.429. The van der Waals surface area contributed by atoms with Gasteiger partial charge in [-0.25, -0.2) is 9.78 Å². The predicted molar refractivity (Wildman–Crippen MR) is 85.2 cm³/mol. The number of rotatable bonds is 3. The second-order valence-electron chi connectivity index (χ2n) is 5.15. The summed E-state index contributed by atoms with van der Waals surface area (Å²) >= 11 is 11.5. The number of hydrogen-bond acceptors (Lipinski definition) is 5. The van der Waals surface area contributed by atoms with Crippen molar-refractivity contribution in [2.24, 2.45) is 0 Å². The van der Waals surface area contributed by atoms with Crippen molar-refractivity contribution in [2.45, 2.75) is 32.2 Å². The molecule has 0 saturated heterocycles. The fourth-order valence-electron chi connectivity index (χ4n) is 2.52. The minimum Gasteiger partial charge on any atom is -0.465 e. The lowest BCUT2D eigenvalue weighted by molar-refractivity contribution is 0.0603. The molecule has 3 rings (SSSR count). The van der Waals surface area contributed by atoms with Crippen LogP contribution in [0.4, 0.5) is 0 Å². The molecule has 22 heavy (non-hydrogen) atoms. The first kappa shape index (κ1) is 15.2. The van der Waals surface area contributed by atoms with Crippen molar-refractivity contribution < 1.29 is 9.53 Å². The van der Waals surface area contributed by atoms with Gasteiger partial charge in [-0.1, -0.05) is 11.6 Å². The molecule has 0 amide bonds. The number of nitrogens with zero attached hydrogens (tertiary/aromatic N) is 2. The molecule has 0 aromatic carbocycles. The van der Waals surface area contributed by atoms with Gasteiger partial charge in [-0.3, -0.25) is 9.78 Å². The molecule has 1 N–H and O–H groups in total. The van der Waals surface area contributed by atoms with E-state index < -0.39 is 11.5 Å². The van der Waals surface area contributed by atoms with Crippen molar-refractivity contribution >= 4 is 40.8 Å². The number of pyridine rings is 1. The Balaban J connectivity index is 2.53. The van der Waals surface area contributed by atoms with Gasteiger partial charge in [0.2, 0.25) is 0 Å². The van der Waals surface area contributed by atoms with Gasteiger partial charge in [-0.05, 0) is 32.0 Å². The van der Waals surface area contributed by atoms with Crippen LogP contribution in [0.1, 0.15) is 41.7 Å².